The van der Waals surface area contributed by atoms with Gasteiger partial charge in [0.15, 0.2) is 0 Å². The van der Waals surface area contributed by atoms with E-state index in [2.05, 4.69) is 0 Å². The van der Waals surface area contributed by atoms with Crippen LogP contribution in [-0.2, 0) is 0 Å². The molecule has 6 nitrogen and oxygen atoms in total. The first-order chi connectivity index (χ1) is 9.32. The third kappa shape index (κ3) is 2.13. The average molecular weight is 278 g/mol. The lowest BCUT2D eigenvalue weighted by atomic mass is 10.2. The SMILES string of the molecule is Cc1cc(C(=O)O)c(C)n1-c1cc([N+](=O)[O-])ccc1F. The van der Waals surface area contributed by atoms with Crippen LogP contribution in [0.15, 0.2) is 24.3 Å². The molecule has 2 aromatic rings. The van der Waals surface area contributed by atoms with Gasteiger partial charge in [-0.3, -0.25) is 10.1 Å². The fourth-order valence-electron chi connectivity index (χ4n) is 2.14. The summed E-state index contributed by atoms with van der Waals surface area (Å²) in [6.45, 7) is 3.13. The Kier molecular flexibility index (Phi) is 3.27. The highest BCUT2D eigenvalue weighted by atomic mass is 19.1. The van der Waals surface area contributed by atoms with E-state index in [0.717, 1.165) is 18.2 Å². The summed E-state index contributed by atoms with van der Waals surface area (Å²) in [5.41, 5.74) is 0.537. The highest BCUT2D eigenvalue weighted by molar-refractivity contribution is 5.89. The van der Waals surface area contributed by atoms with Gasteiger partial charge in [0.1, 0.15) is 5.82 Å². The number of rotatable bonds is 3. The van der Waals surface area contributed by atoms with Crippen LogP contribution in [0.2, 0.25) is 0 Å². The number of hydrogen-bond donors (Lipinski definition) is 1. The Hall–Kier alpha value is -2.70. The second-order valence-electron chi connectivity index (χ2n) is 4.32. The summed E-state index contributed by atoms with van der Waals surface area (Å²) < 4.78 is 15.3. The molecule has 0 amide bonds. The number of benzene rings is 1. The van der Waals surface area contributed by atoms with Gasteiger partial charge in [-0.2, -0.15) is 0 Å². The number of aromatic nitrogens is 1. The summed E-state index contributed by atoms with van der Waals surface area (Å²) in [5.74, 6) is -1.79. The average Bonchev–Trinajstić information content (AvgIpc) is 2.66. The molecule has 0 bridgehead atoms. The number of carbonyl (C=O) groups is 1. The number of halogens is 1. The van der Waals surface area contributed by atoms with Crippen LogP contribution in [0.4, 0.5) is 10.1 Å². The summed E-state index contributed by atoms with van der Waals surface area (Å²) in [4.78, 5) is 21.2. The van der Waals surface area contributed by atoms with E-state index < -0.39 is 16.7 Å². The van der Waals surface area contributed by atoms with Gasteiger partial charge in [0, 0.05) is 23.5 Å². The van der Waals surface area contributed by atoms with Crippen molar-refractivity contribution >= 4 is 11.7 Å². The second kappa shape index (κ2) is 4.76. The van der Waals surface area contributed by atoms with Crippen LogP contribution in [-0.4, -0.2) is 20.6 Å². The predicted molar refractivity (Wildman–Crippen MR) is 68.8 cm³/mol. The van der Waals surface area contributed by atoms with E-state index in [9.17, 15) is 19.3 Å². The molecule has 104 valence electrons. The van der Waals surface area contributed by atoms with E-state index in [0.29, 0.717) is 11.4 Å². The highest BCUT2D eigenvalue weighted by Crippen LogP contribution is 2.26. The van der Waals surface area contributed by atoms with Crippen LogP contribution >= 0.6 is 0 Å². The zero-order valence-electron chi connectivity index (χ0n) is 10.8. The Labute approximate surface area is 113 Å². The van der Waals surface area contributed by atoms with Crippen LogP contribution in [0, 0.1) is 29.8 Å². The second-order valence-corrected chi connectivity index (χ2v) is 4.32. The van der Waals surface area contributed by atoms with Gasteiger partial charge in [-0.15, -0.1) is 0 Å². The molecule has 0 saturated heterocycles. The van der Waals surface area contributed by atoms with Crippen molar-refractivity contribution in [2.24, 2.45) is 0 Å². The number of nitro groups is 1. The number of carboxylic acid groups (broad SMARTS) is 1. The number of hydrogen-bond acceptors (Lipinski definition) is 3. The van der Waals surface area contributed by atoms with Gasteiger partial charge in [0.05, 0.1) is 16.2 Å². The van der Waals surface area contributed by atoms with Crippen molar-refractivity contribution in [3.63, 3.8) is 0 Å². The van der Waals surface area contributed by atoms with Crippen molar-refractivity contribution in [3.05, 3.63) is 57.1 Å². The maximum Gasteiger partial charge on any atom is 0.337 e. The minimum atomic E-state index is -1.13. The number of non-ortho nitro benzene ring substituents is 1. The van der Waals surface area contributed by atoms with E-state index in [1.54, 1.807) is 6.92 Å². The van der Waals surface area contributed by atoms with Crippen LogP contribution < -0.4 is 0 Å². The molecule has 0 aliphatic carbocycles. The van der Waals surface area contributed by atoms with E-state index in [-0.39, 0.29) is 16.9 Å². The number of aromatic carboxylic acids is 1. The fourth-order valence-corrected chi connectivity index (χ4v) is 2.14. The first kappa shape index (κ1) is 13.7. The molecule has 0 saturated carbocycles. The molecule has 0 spiro atoms. The van der Waals surface area contributed by atoms with Gasteiger partial charge in [0.2, 0.25) is 0 Å². The molecule has 0 unspecified atom stereocenters. The van der Waals surface area contributed by atoms with Crippen molar-refractivity contribution in [3.8, 4) is 5.69 Å². The number of nitrogens with zero attached hydrogens (tertiary/aromatic N) is 2. The maximum atomic E-state index is 13.9. The van der Waals surface area contributed by atoms with E-state index in [1.165, 1.54) is 17.6 Å². The predicted octanol–water partition coefficient (Wildman–Crippen LogP) is 2.84. The Bertz CT molecular complexity index is 721. The molecular formula is C13H11FN2O4. The van der Waals surface area contributed by atoms with Crippen molar-refractivity contribution in [2.45, 2.75) is 13.8 Å². The summed E-state index contributed by atoms with van der Waals surface area (Å²) in [6, 6.07) is 4.54. The van der Waals surface area contributed by atoms with Crippen LogP contribution in [0.25, 0.3) is 5.69 Å². The Morgan fingerprint density at radius 3 is 2.50 bits per heavy atom. The molecule has 0 radical (unpaired) electrons. The number of nitro benzene ring substituents is 1. The van der Waals surface area contributed by atoms with Crippen LogP contribution in [0.1, 0.15) is 21.7 Å². The Balaban J connectivity index is 2.71. The van der Waals surface area contributed by atoms with Gasteiger partial charge in [-0.05, 0) is 26.0 Å². The van der Waals surface area contributed by atoms with Crippen molar-refractivity contribution in [1.82, 2.24) is 4.57 Å². The quantitative estimate of drug-likeness (QED) is 0.691. The minimum absolute atomic E-state index is 0.0356. The molecule has 0 aliphatic rings. The summed E-state index contributed by atoms with van der Waals surface area (Å²) in [7, 11) is 0. The topological polar surface area (TPSA) is 85.4 Å². The zero-order valence-corrected chi connectivity index (χ0v) is 10.8. The van der Waals surface area contributed by atoms with Crippen molar-refractivity contribution in [2.75, 3.05) is 0 Å². The first-order valence-electron chi connectivity index (χ1n) is 5.69. The molecule has 2 rings (SSSR count). The van der Waals surface area contributed by atoms with Gasteiger partial charge in [0.25, 0.3) is 5.69 Å². The lowest BCUT2D eigenvalue weighted by Crippen LogP contribution is -2.05. The van der Waals surface area contributed by atoms with Gasteiger partial charge >= 0.3 is 5.97 Å². The third-order valence-electron chi connectivity index (χ3n) is 3.04. The summed E-state index contributed by atoms with van der Waals surface area (Å²) in [6.07, 6.45) is 0. The monoisotopic (exact) mass is 278 g/mol. The molecule has 0 atom stereocenters. The fraction of sp³-hybridized carbons (Fsp3) is 0.154. The Morgan fingerprint density at radius 1 is 1.35 bits per heavy atom. The smallest absolute Gasteiger partial charge is 0.337 e. The molecule has 1 N–H and O–H groups in total. The molecule has 0 fully saturated rings. The van der Waals surface area contributed by atoms with Gasteiger partial charge in [-0.25, -0.2) is 9.18 Å². The summed E-state index contributed by atoms with van der Waals surface area (Å²) >= 11 is 0. The molecule has 1 heterocycles. The molecule has 1 aromatic heterocycles. The Morgan fingerprint density at radius 2 is 2.00 bits per heavy atom. The summed E-state index contributed by atoms with van der Waals surface area (Å²) in [5, 5.41) is 19.8. The highest BCUT2D eigenvalue weighted by Gasteiger charge is 2.19. The lowest BCUT2D eigenvalue weighted by molar-refractivity contribution is -0.384. The number of carboxylic acids is 1. The number of aryl methyl sites for hydroxylation is 1. The molecule has 7 heteroatoms. The first-order valence-corrected chi connectivity index (χ1v) is 5.69. The molecular weight excluding hydrogens is 267 g/mol. The van der Waals surface area contributed by atoms with Crippen molar-refractivity contribution in [1.29, 1.82) is 0 Å². The molecule has 20 heavy (non-hydrogen) atoms. The normalized spacial score (nSPS) is 10.6. The largest absolute Gasteiger partial charge is 0.478 e. The lowest BCUT2D eigenvalue weighted by Gasteiger charge is -2.10. The van der Waals surface area contributed by atoms with Gasteiger partial charge < -0.3 is 9.67 Å². The van der Waals surface area contributed by atoms with Crippen LogP contribution in [0.5, 0.6) is 0 Å². The molecule has 1 aromatic carbocycles. The van der Waals surface area contributed by atoms with Crippen LogP contribution in [0.3, 0.4) is 0 Å². The van der Waals surface area contributed by atoms with E-state index >= 15 is 0 Å². The maximum absolute atomic E-state index is 13.9. The van der Waals surface area contributed by atoms with E-state index in [4.69, 9.17) is 5.11 Å². The minimum Gasteiger partial charge on any atom is -0.478 e. The zero-order chi connectivity index (χ0) is 15.0. The van der Waals surface area contributed by atoms with E-state index in [1.807, 2.05) is 0 Å². The van der Waals surface area contributed by atoms with Crippen molar-refractivity contribution < 1.29 is 19.2 Å². The third-order valence-corrected chi connectivity index (χ3v) is 3.04. The van der Waals surface area contributed by atoms with Gasteiger partial charge in [-0.1, -0.05) is 0 Å². The standard InChI is InChI=1S/C13H11FN2O4/c1-7-5-10(13(17)18)8(2)15(7)12-6-9(16(19)20)3-4-11(12)14/h3-6H,1-2H3,(H,17,18). The molecule has 0 aliphatic heterocycles.